The van der Waals surface area contributed by atoms with Gasteiger partial charge in [-0.3, -0.25) is 4.79 Å². The molecule has 5 heteroatoms. The number of carbonyl (C=O) groups excluding carboxylic acids is 1. The second kappa shape index (κ2) is 4.47. The van der Waals surface area contributed by atoms with Crippen LogP contribution in [-0.4, -0.2) is 11.9 Å². The molecule has 0 unspecified atom stereocenters. The van der Waals surface area contributed by atoms with E-state index in [2.05, 4.69) is 27.9 Å². The van der Waals surface area contributed by atoms with Crippen LogP contribution in [0, 0.1) is 3.57 Å². The summed E-state index contributed by atoms with van der Waals surface area (Å²) >= 11 is 13.8. The number of amides is 1. The third-order valence-electron chi connectivity index (χ3n) is 2.15. The maximum atomic E-state index is 11.8. The fourth-order valence-corrected chi connectivity index (χ4v) is 2.26. The van der Waals surface area contributed by atoms with Crippen LogP contribution in [-0.2, 0) is 0 Å². The highest BCUT2D eigenvalue weighted by atomic mass is 127. The van der Waals surface area contributed by atoms with Crippen molar-refractivity contribution in [3.8, 4) is 0 Å². The summed E-state index contributed by atoms with van der Waals surface area (Å²) in [4.78, 5) is 11.8. The highest BCUT2D eigenvalue weighted by Crippen LogP contribution is 2.27. The highest BCUT2D eigenvalue weighted by Gasteiger charge is 2.25. The molecule has 0 spiro atoms. The van der Waals surface area contributed by atoms with Crippen molar-refractivity contribution >= 4 is 51.7 Å². The third kappa shape index (κ3) is 2.77. The Morgan fingerprint density at radius 3 is 2.67 bits per heavy atom. The predicted octanol–water partition coefficient (Wildman–Crippen LogP) is 3.49. The lowest BCUT2D eigenvalue weighted by Gasteiger charge is -2.07. The average molecular weight is 356 g/mol. The van der Waals surface area contributed by atoms with E-state index in [1.807, 2.05) is 0 Å². The van der Waals surface area contributed by atoms with Crippen LogP contribution in [0.15, 0.2) is 12.1 Å². The zero-order chi connectivity index (χ0) is 11.0. The molecule has 80 valence electrons. The first kappa shape index (κ1) is 11.5. The van der Waals surface area contributed by atoms with Gasteiger partial charge < -0.3 is 5.32 Å². The number of hydrogen-bond donors (Lipinski definition) is 1. The number of carbonyl (C=O) groups is 1. The zero-order valence-electron chi connectivity index (χ0n) is 7.69. The largest absolute Gasteiger partial charge is 0.349 e. The van der Waals surface area contributed by atoms with E-state index < -0.39 is 0 Å². The van der Waals surface area contributed by atoms with Crippen LogP contribution >= 0.6 is 45.8 Å². The molecule has 0 aliphatic heterocycles. The van der Waals surface area contributed by atoms with Crippen molar-refractivity contribution < 1.29 is 4.79 Å². The molecule has 1 amide bonds. The molecular weight excluding hydrogens is 348 g/mol. The van der Waals surface area contributed by atoms with Crippen molar-refractivity contribution in [3.05, 3.63) is 31.3 Å². The molecule has 0 saturated heterocycles. The van der Waals surface area contributed by atoms with Gasteiger partial charge in [0.25, 0.3) is 5.91 Å². The summed E-state index contributed by atoms with van der Waals surface area (Å²) in [5, 5.41) is 3.91. The first-order valence-electron chi connectivity index (χ1n) is 4.53. The monoisotopic (exact) mass is 355 g/mol. The summed E-state index contributed by atoms with van der Waals surface area (Å²) in [6.07, 6.45) is 2.13. The van der Waals surface area contributed by atoms with Crippen molar-refractivity contribution in [2.75, 3.05) is 0 Å². The van der Waals surface area contributed by atoms with Crippen LogP contribution < -0.4 is 5.32 Å². The fourth-order valence-electron chi connectivity index (χ4n) is 1.21. The molecule has 1 aromatic rings. The van der Waals surface area contributed by atoms with Crippen molar-refractivity contribution in [3.63, 3.8) is 0 Å². The second-order valence-corrected chi connectivity index (χ2v) is 5.42. The van der Waals surface area contributed by atoms with Crippen molar-refractivity contribution in [2.45, 2.75) is 18.9 Å². The minimum absolute atomic E-state index is 0.0914. The fraction of sp³-hybridized carbons (Fsp3) is 0.300. The van der Waals surface area contributed by atoms with Crippen molar-refractivity contribution in [1.29, 1.82) is 0 Å². The quantitative estimate of drug-likeness (QED) is 0.638. The highest BCUT2D eigenvalue weighted by molar-refractivity contribution is 14.1. The Kier molecular flexibility index (Phi) is 3.42. The second-order valence-electron chi connectivity index (χ2n) is 3.50. The molecule has 1 saturated carbocycles. The normalized spacial score (nSPS) is 15.1. The van der Waals surface area contributed by atoms with Gasteiger partial charge in [-0.25, -0.2) is 0 Å². The Morgan fingerprint density at radius 2 is 2.07 bits per heavy atom. The number of rotatable bonds is 2. The van der Waals surface area contributed by atoms with Gasteiger partial charge in [0, 0.05) is 14.6 Å². The Hall–Kier alpha value is -0.000000000000000111. The van der Waals surface area contributed by atoms with Crippen LogP contribution in [0.2, 0.25) is 10.0 Å². The van der Waals surface area contributed by atoms with Gasteiger partial charge in [-0.1, -0.05) is 23.2 Å². The Morgan fingerprint density at radius 1 is 1.40 bits per heavy atom. The van der Waals surface area contributed by atoms with E-state index in [1.165, 1.54) is 0 Å². The van der Waals surface area contributed by atoms with Crippen LogP contribution in [0.5, 0.6) is 0 Å². The standard InChI is InChI=1S/C10H8Cl2INO/c11-5-3-7(9(13)8(12)4-5)10(15)14-6-1-2-6/h3-4,6H,1-2H2,(H,14,15). The van der Waals surface area contributed by atoms with Crippen molar-refractivity contribution in [1.82, 2.24) is 5.32 Å². The molecule has 0 aromatic heterocycles. The maximum Gasteiger partial charge on any atom is 0.252 e. The molecule has 1 aromatic carbocycles. The smallest absolute Gasteiger partial charge is 0.252 e. The van der Waals surface area contributed by atoms with Gasteiger partial charge in [0.2, 0.25) is 0 Å². The van der Waals surface area contributed by atoms with Gasteiger partial charge in [-0.2, -0.15) is 0 Å². The molecule has 2 nitrogen and oxygen atoms in total. The number of nitrogens with one attached hydrogen (secondary N) is 1. The van der Waals surface area contributed by atoms with E-state index in [0.29, 0.717) is 21.7 Å². The Bertz CT molecular complexity index is 418. The summed E-state index contributed by atoms with van der Waals surface area (Å²) in [5.41, 5.74) is 0.556. The molecule has 1 fully saturated rings. The van der Waals surface area contributed by atoms with Crippen LogP contribution in [0.4, 0.5) is 0 Å². The molecule has 2 rings (SSSR count). The van der Waals surface area contributed by atoms with E-state index in [0.717, 1.165) is 16.4 Å². The first-order valence-corrected chi connectivity index (χ1v) is 6.37. The summed E-state index contributed by atoms with van der Waals surface area (Å²) in [6.45, 7) is 0. The van der Waals surface area contributed by atoms with E-state index >= 15 is 0 Å². The van der Waals surface area contributed by atoms with Gasteiger partial charge in [0.15, 0.2) is 0 Å². The maximum absolute atomic E-state index is 11.8. The molecule has 0 atom stereocenters. The zero-order valence-corrected chi connectivity index (χ0v) is 11.4. The van der Waals surface area contributed by atoms with Crippen molar-refractivity contribution in [2.24, 2.45) is 0 Å². The minimum atomic E-state index is -0.0914. The topological polar surface area (TPSA) is 29.1 Å². The summed E-state index contributed by atoms with van der Waals surface area (Å²) in [5.74, 6) is -0.0914. The molecule has 0 bridgehead atoms. The number of hydrogen-bond acceptors (Lipinski definition) is 1. The summed E-state index contributed by atoms with van der Waals surface area (Å²) < 4.78 is 0.747. The van der Waals surface area contributed by atoms with Gasteiger partial charge in [0.05, 0.1) is 10.6 Å². The average Bonchev–Trinajstić information content (AvgIpc) is 2.94. The van der Waals surface area contributed by atoms with E-state index in [1.54, 1.807) is 12.1 Å². The molecule has 0 radical (unpaired) electrons. The third-order valence-corrected chi connectivity index (χ3v) is 4.15. The van der Waals surface area contributed by atoms with Crippen LogP contribution in [0.25, 0.3) is 0 Å². The van der Waals surface area contributed by atoms with Gasteiger partial charge >= 0.3 is 0 Å². The SMILES string of the molecule is O=C(NC1CC1)c1cc(Cl)cc(Cl)c1I. The molecular formula is C10H8Cl2INO. The van der Waals surface area contributed by atoms with E-state index in [-0.39, 0.29) is 5.91 Å². The molecule has 1 aliphatic carbocycles. The predicted molar refractivity (Wildman–Crippen MR) is 69.7 cm³/mol. The lowest BCUT2D eigenvalue weighted by atomic mass is 10.2. The van der Waals surface area contributed by atoms with Crippen LogP contribution in [0.1, 0.15) is 23.2 Å². The van der Waals surface area contributed by atoms with E-state index in [4.69, 9.17) is 23.2 Å². The summed E-state index contributed by atoms with van der Waals surface area (Å²) in [6, 6.07) is 3.62. The molecule has 1 aliphatic rings. The molecule has 0 heterocycles. The first-order chi connectivity index (χ1) is 7.08. The molecule has 15 heavy (non-hydrogen) atoms. The number of benzene rings is 1. The van der Waals surface area contributed by atoms with E-state index in [9.17, 15) is 4.79 Å². The number of halogens is 3. The lowest BCUT2D eigenvalue weighted by Crippen LogP contribution is -2.26. The molecule has 1 N–H and O–H groups in total. The van der Waals surface area contributed by atoms with Gasteiger partial charge in [0.1, 0.15) is 0 Å². The Balaban J connectivity index is 2.28. The van der Waals surface area contributed by atoms with Gasteiger partial charge in [-0.05, 0) is 47.6 Å². The van der Waals surface area contributed by atoms with Gasteiger partial charge in [-0.15, -0.1) is 0 Å². The lowest BCUT2D eigenvalue weighted by molar-refractivity contribution is 0.0950. The Labute approximate surface area is 111 Å². The summed E-state index contributed by atoms with van der Waals surface area (Å²) in [7, 11) is 0. The van der Waals surface area contributed by atoms with Crippen LogP contribution in [0.3, 0.4) is 0 Å². The minimum Gasteiger partial charge on any atom is -0.349 e.